The van der Waals surface area contributed by atoms with E-state index in [0.29, 0.717) is 0 Å². The molecule has 0 bridgehead atoms. The highest BCUT2D eigenvalue weighted by atomic mass is 15.3. The highest BCUT2D eigenvalue weighted by molar-refractivity contribution is 7.03. The molecule has 6 aliphatic rings. The van der Waals surface area contributed by atoms with Crippen LogP contribution in [0.1, 0.15) is 103 Å². The van der Waals surface area contributed by atoms with Crippen LogP contribution in [-0.4, -0.2) is 23.4 Å². The highest BCUT2D eigenvalue weighted by Crippen LogP contribution is 2.55. The van der Waals surface area contributed by atoms with Crippen LogP contribution < -0.4 is 62.2 Å². The zero-order chi connectivity index (χ0) is 69.0. The van der Waals surface area contributed by atoms with Crippen LogP contribution in [0, 0.1) is 0 Å². The normalized spacial score (nSPS) is 16.3. The highest BCUT2D eigenvalue weighted by Gasteiger charge is 2.51. The number of hydrogen-bond donors (Lipinski definition) is 0. The molecule has 0 saturated heterocycles. The molecule has 0 amide bonds. The Hall–Kier alpha value is -11.4. The van der Waals surface area contributed by atoms with Crippen LogP contribution in [-0.2, 0) is 21.7 Å². The number of nitrogens with zero attached hydrogens (tertiary/aromatic N) is 8. The van der Waals surface area contributed by atoms with Gasteiger partial charge in [0.2, 0.25) is 0 Å². The molecule has 0 atom stereocenters. The molecule has 2 aromatic heterocycles. The van der Waals surface area contributed by atoms with Gasteiger partial charge in [0.05, 0.1) is 0 Å². The number of rotatable bonds is 10. The third-order valence-electron chi connectivity index (χ3n) is 23.5. The van der Waals surface area contributed by atoms with E-state index < -0.39 is 0 Å². The molecule has 6 heterocycles. The minimum Gasteiger partial charge on any atom is -0.311 e. The Labute approximate surface area is 601 Å². The van der Waals surface area contributed by atoms with Crippen molar-refractivity contribution in [2.24, 2.45) is 0 Å². The van der Waals surface area contributed by atoms with Crippen molar-refractivity contribution in [3.63, 3.8) is 0 Å². The van der Waals surface area contributed by atoms with Gasteiger partial charge < -0.3 is 9.80 Å². The van der Waals surface area contributed by atoms with E-state index in [1.54, 1.807) is 0 Å². The molecule has 0 spiro atoms. The van der Waals surface area contributed by atoms with E-state index in [4.69, 9.17) is 9.97 Å². The Morgan fingerprint density at radius 3 is 0.931 bits per heavy atom. The largest absolute Gasteiger partial charge is 0.311 e. The Balaban J connectivity index is 0.924. The van der Waals surface area contributed by atoms with Gasteiger partial charge in [-0.2, -0.15) is 0 Å². The van der Waals surface area contributed by atoms with Gasteiger partial charge in [0.25, 0.3) is 13.4 Å². The smallest absolute Gasteiger partial charge is 0.254 e. The van der Waals surface area contributed by atoms with Gasteiger partial charge in [0.15, 0.2) is 0 Å². The predicted molar refractivity (Wildman–Crippen MR) is 430 cm³/mol. The summed E-state index contributed by atoms with van der Waals surface area (Å²) < 4.78 is 0. The van der Waals surface area contributed by atoms with Crippen LogP contribution in [0.4, 0.5) is 103 Å². The van der Waals surface area contributed by atoms with Crippen molar-refractivity contribution in [3.05, 3.63) is 313 Å². The van der Waals surface area contributed by atoms with Gasteiger partial charge in [-0.05, 0) is 218 Å². The minimum absolute atomic E-state index is 0.0309. The van der Waals surface area contributed by atoms with Gasteiger partial charge >= 0.3 is 0 Å². The lowest BCUT2D eigenvalue weighted by Crippen LogP contribution is -2.65. The van der Waals surface area contributed by atoms with Gasteiger partial charge in [-0.15, -0.1) is 0 Å². The van der Waals surface area contributed by atoms with Crippen molar-refractivity contribution in [1.82, 2.24) is 9.97 Å². The number of pyridine rings is 2. The molecule has 19 rings (SSSR count). The first-order valence-electron chi connectivity index (χ1n) is 36.5. The van der Waals surface area contributed by atoms with E-state index in [-0.39, 0.29) is 35.1 Å². The van der Waals surface area contributed by atoms with Crippen LogP contribution in [0.15, 0.2) is 291 Å². The molecule has 0 unspecified atom stereocenters. The maximum atomic E-state index is 6.19. The molecule has 10 heteroatoms. The lowest BCUT2D eigenvalue weighted by Gasteiger charge is -2.47. The van der Waals surface area contributed by atoms with E-state index in [1.165, 1.54) is 44.1 Å². The lowest BCUT2D eigenvalue weighted by molar-refractivity contribution is 0.332. The summed E-state index contributed by atoms with van der Waals surface area (Å²) in [4.78, 5) is 27.2. The molecule has 2 aliphatic carbocycles. The van der Waals surface area contributed by atoms with Gasteiger partial charge in [0.1, 0.15) is 23.3 Å². The molecule has 0 radical (unpaired) electrons. The Morgan fingerprint density at radius 1 is 0.265 bits per heavy atom. The predicted octanol–water partition coefficient (Wildman–Crippen LogP) is 20.3. The third kappa shape index (κ3) is 9.58. The number of anilines is 18. The zero-order valence-electron chi connectivity index (χ0n) is 59.3. The summed E-state index contributed by atoms with van der Waals surface area (Å²) in [6, 6.07) is 108. The number of hydrogen-bond acceptors (Lipinski definition) is 8. The summed E-state index contributed by atoms with van der Waals surface area (Å²) in [6.07, 6.45) is 4.50. The standard InChI is InChI=1S/C92H80B2N8/c1-89(2)51-53-91(5,6)71-55-67(47-49-69(71)89)99-77-45-29-27-43-73(77)93-75-57-76-80(58-79(75)101(65-39-23-13-24-40-65)87-85(93)81(99)59-83(95-87)97(61-31-15-9-16-32-61)62-33-17-10-18-34-62)102(66-41-25-14-26-42-66)88-86-82(60-84(96-88)98(63-35-19-11-20-36-63)64-37-21-12-22-38-64)100(78-46-30-28-44-74(78)94(76)86)68-48-50-70-72(56-68)92(7,8)54-52-90(70,3)4/h9-50,55-60H,51-54H2,1-8H3. The van der Waals surface area contributed by atoms with E-state index in [2.05, 4.69) is 376 Å². The summed E-state index contributed by atoms with van der Waals surface area (Å²) in [5, 5.41) is 0. The fourth-order valence-electron chi connectivity index (χ4n) is 18.1. The van der Waals surface area contributed by atoms with E-state index in [1.807, 2.05) is 0 Å². The molecule has 102 heavy (non-hydrogen) atoms. The molecular formula is C92H80B2N8. The Morgan fingerprint density at radius 2 is 0.578 bits per heavy atom. The van der Waals surface area contributed by atoms with Crippen molar-refractivity contribution in [2.75, 3.05) is 29.4 Å². The Bertz CT molecular complexity index is 5060. The van der Waals surface area contributed by atoms with Crippen molar-refractivity contribution in [3.8, 4) is 0 Å². The second-order valence-electron chi connectivity index (χ2n) is 31.4. The fourth-order valence-corrected chi connectivity index (χ4v) is 18.1. The summed E-state index contributed by atoms with van der Waals surface area (Å²) in [5.41, 5.74) is 27.9. The second-order valence-corrected chi connectivity index (χ2v) is 31.4. The number of aromatic nitrogens is 2. The third-order valence-corrected chi connectivity index (χ3v) is 23.5. The van der Waals surface area contributed by atoms with Gasteiger partial charge in [-0.1, -0.05) is 219 Å². The first-order valence-corrected chi connectivity index (χ1v) is 36.5. The second kappa shape index (κ2) is 23.1. The van der Waals surface area contributed by atoms with Gasteiger partial charge in [-0.3, -0.25) is 19.6 Å². The van der Waals surface area contributed by atoms with E-state index in [9.17, 15) is 0 Å². The molecule has 11 aromatic carbocycles. The molecule has 0 fully saturated rings. The summed E-state index contributed by atoms with van der Waals surface area (Å²) in [6.45, 7) is 19.0. The van der Waals surface area contributed by atoms with Crippen LogP contribution in [0.5, 0.6) is 0 Å². The SMILES string of the molecule is CC1(C)CCC(C)(C)c2cc(N3c4ccccc4B4c5cc6c(cc5N(c5ccccc5)c5nc(N(c7ccccc7)c7ccccc7)cc3c54)N(c3ccccc3)c3nc(N(c4ccccc4)c4ccccc4)cc4c3B6c3ccccc3N4c3ccc4c(c3)C(C)(C)CCC4(C)C)ccc21. The van der Waals surface area contributed by atoms with Crippen molar-refractivity contribution < 1.29 is 0 Å². The van der Waals surface area contributed by atoms with Crippen LogP contribution in [0.25, 0.3) is 0 Å². The summed E-state index contributed by atoms with van der Waals surface area (Å²) in [5.74, 6) is 3.38. The molecule has 4 aliphatic heterocycles. The molecule has 0 saturated carbocycles. The molecule has 0 N–H and O–H groups in total. The average molecular weight is 1320 g/mol. The first kappa shape index (κ1) is 61.7. The maximum absolute atomic E-state index is 6.19. The summed E-state index contributed by atoms with van der Waals surface area (Å²) in [7, 11) is 0. The number of fused-ring (bicyclic) bond motifs is 10. The number of benzene rings is 11. The van der Waals surface area contributed by atoms with Crippen LogP contribution in [0.2, 0.25) is 0 Å². The number of para-hydroxylation sites is 8. The fraction of sp³-hybridized carbons (Fsp3) is 0.174. The van der Waals surface area contributed by atoms with Crippen molar-refractivity contribution in [2.45, 2.75) is 103 Å². The van der Waals surface area contributed by atoms with Gasteiger partial charge in [-0.25, -0.2) is 9.97 Å². The summed E-state index contributed by atoms with van der Waals surface area (Å²) >= 11 is 0. The van der Waals surface area contributed by atoms with E-state index >= 15 is 0 Å². The zero-order valence-corrected chi connectivity index (χ0v) is 59.3. The molecular weight excluding hydrogens is 1240 g/mol. The Kier molecular flexibility index (Phi) is 14.0. The van der Waals surface area contributed by atoms with Crippen LogP contribution in [0.3, 0.4) is 0 Å². The molecule has 13 aromatic rings. The monoisotopic (exact) mass is 1320 g/mol. The quantitative estimate of drug-likeness (QED) is 0.126. The van der Waals surface area contributed by atoms with Crippen molar-refractivity contribution >= 4 is 149 Å². The molecule has 494 valence electrons. The van der Waals surface area contributed by atoms with Crippen molar-refractivity contribution in [1.29, 1.82) is 0 Å². The van der Waals surface area contributed by atoms with Crippen LogP contribution >= 0.6 is 0 Å². The topological polar surface area (TPSA) is 45.2 Å². The maximum Gasteiger partial charge on any atom is 0.254 e. The lowest BCUT2D eigenvalue weighted by atomic mass is 9.30. The first-order chi connectivity index (χ1) is 49.6. The molecule has 8 nitrogen and oxygen atoms in total. The van der Waals surface area contributed by atoms with Gasteiger partial charge in [0, 0.05) is 91.8 Å². The minimum atomic E-state index is -0.255. The van der Waals surface area contributed by atoms with E-state index in [0.717, 1.165) is 140 Å². The average Bonchev–Trinajstić information content (AvgIpc) is 0.675.